The minimum absolute atomic E-state index is 0.139. The standard InChI is InChI=1S/C23H26Br2I2/c1-13(2)5-7-23(8-6-14(3)4)17-11-21(26)19(24)9-15(17)16-10-20(25)22(27)12-18(16)23/h9-14H,5-8H2,1-4H3. The highest BCUT2D eigenvalue weighted by Crippen LogP contribution is 2.56. The Balaban J connectivity index is 2.27. The van der Waals surface area contributed by atoms with Crippen molar-refractivity contribution >= 4 is 77.0 Å². The van der Waals surface area contributed by atoms with E-state index >= 15 is 0 Å². The monoisotopic (exact) mass is 714 g/mol. The van der Waals surface area contributed by atoms with Gasteiger partial charge < -0.3 is 0 Å². The van der Waals surface area contributed by atoms with Crippen LogP contribution in [-0.4, -0.2) is 0 Å². The fourth-order valence-corrected chi connectivity index (χ4v) is 5.83. The molecule has 0 radical (unpaired) electrons. The van der Waals surface area contributed by atoms with Gasteiger partial charge in [-0.2, -0.15) is 0 Å². The van der Waals surface area contributed by atoms with E-state index in [-0.39, 0.29) is 5.41 Å². The van der Waals surface area contributed by atoms with Crippen molar-refractivity contribution in [2.24, 2.45) is 11.8 Å². The van der Waals surface area contributed by atoms with E-state index in [0.29, 0.717) is 0 Å². The number of benzene rings is 2. The average Bonchev–Trinajstić information content (AvgIpc) is 2.82. The normalized spacial score (nSPS) is 14.7. The van der Waals surface area contributed by atoms with E-state index in [9.17, 15) is 0 Å². The SMILES string of the molecule is CC(C)CCC1(CCC(C)C)c2cc(I)c(Br)cc2-c2cc(Br)c(I)cc21. The van der Waals surface area contributed by atoms with Crippen LogP contribution >= 0.6 is 77.0 Å². The second-order valence-corrected chi connectivity index (χ2v) is 12.6. The van der Waals surface area contributed by atoms with Crippen molar-refractivity contribution in [1.82, 2.24) is 0 Å². The Morgan fingerprint density at radius 3 is 1.44 bits per heavy atom. The molecule has 0 aliphatic heterocycles. The Kier molecular flexibility index (Phi) is 7.45. The van der Waals surface area contributed by atoms with Crippen molar-refractivity contribution in [3.63, 3.8) is 0 Å². The van der Waals surface area contributed by atoms with Crippen LogP contribution in [-0.2, 0) is 5.41 Å². The van der Waals surface area contributed by atoms with Crippen molar-refractivity contribution in [1.29, 1.82) is 0 Å². The summed E-state index contributed by atoms with van der Waals surface area (Å²) in [6.45, 7) is 9.40. The van der Waals surface area contributed by atoms with Gasteiger partial charge in [0.15, 0.2) is 0 Å². The van der Waals surface area contributed by atoms with Gasteiger partial charge in [0, 0.05) is 21.5 Å². The fourth-order valence-electron chi connectivity index (χ4n) is 4.21. The maximum Gasteiger partial charge on any atom is 0.0315 e. The minimum atomic E-state index is 0.139. The molecule has 27 heavy (non-hydrogen) atoms. The van der Waals surface area contributed by atoms with Gasteiger partial charge in [-0.3, -0.25) is 0 Å². The second-order valence-electron chi connectivity index (χ2n) is 8.57. The molecule has 0 nitrogen and oxygen atoms in total. The smallest absolute Gasteiger partial charge is 0.0315 e. The summed E-state index contributed by atoms with van der Waals surface area (Å²) in [7, 11) is 0. The minimum Gasteiger partial charge on any atom is -0.0628 e. The number of halogens is 4. The lowest BCUT2D eigenvalue weighted by molar-refractivity contribution is 0.364. The molecule has 0 aromatic heterocycles. The van der Waals surface area contributed by atoms with E-state index in [4.69, 9.17) is 0 Å². The summed E-state index contributed by atoms with van der Waals surface area (Å²) in [5, 5.41) is 0. The summed E-state index contributed by atoms with van der Waals surface area (Å²) in [4.78, 5) is 0. The van der Waals surface area contributed by atoms with Crippen LogP contribution in [0, 0.1) is 19.0 Å². The summed E-state index contributed by atoms with van der Waals surface area (Å²) in [5.41, 5.74) is 6.06. The zero-order chi connectivity index (χ0) is 19.9. The molecule has 3 rings (SSSR count). The lowest BCUT2D eigenvalue weighted by Gasteiger charge is -2.34. The van der Waals surface area contributed by atoms with Crippen LogP contribution < -0.4 is 0 Å². The van der Waals surface area contributed by atoms with Crippen LogP contribution in [0.4, 0.5) is 0 Å². The third-order valence-electron chi connectivity index (χ3n) is 5.74. The molecule has 146 valence electrons. The van der Waals surface area contributed by atoms with E-state index in [1.807, 2.05) is 0 Å². The molecule has 4 heteroatoms. The molecule has 0 saturated carbocycles. The fraction of sp³-hybridized carbons (Fsp3) is 0.478. The van der Waals surface area contributed by atoms with Gasteiger partial charge >= 0.3 is 0 Å². The number of fused-ring (bicyclic) bond motifs is 3. The number of hydrogen-bond acceptors (Lipinski definition) is 0. The van der Waals surface area contributed by atoms with E-state index in [2.05, 4.69) is 129 Å². The molecule has 0 heterocycles. The molecule has 1 aliphatic carbocycles. The first kappa shape index (κ1) is 22.5. The van der Waals surface area contributed by atoms with Gasteiger partial charge in [0.2, 0.25) is 0 Å². The molecule has 2 aromatic rings. The van der Waals surface area contributed by atoms with Gasteiger partial charge in [0.05, 0.1) is 0 Å². The van der Waals surface area contributed by atoms with Gasteiger partial charge in [-0.15, -0.1) is 0 Å². The zero-order valence-electron chi connectivity index (χ0n) is 16.3. The first-order chi connectivity index (χ1) is 12.7. The first-order valence-corrected chi connectivity index (χ1v) is 13.4. The molecule has 1 aliphatic rings. The highest BCUT2D eigenvalue weighted by Gasteiger charge is 2.43. The molecular weight excluding hydrogens is 690 g/mol. The molecule has 2 aromatic carbocycles. The number of hydrogen-bond donors (Lipinski definition) is 0. The van der Waals surface area contributed by atoms with Gasteiger partial charge in [-0.05, 0) is 161 Å². The summed E-state index contributed by atoms with van der Waals surface area (Å²) in [6, 6.07) is 9.59. The van der Waals surface area contributed by atoms with Crippen molar-refractivity contribution in [3.05, 3.63) is 51.5 Å². The summed E-state index contributed by atoms with van der Waals surface area (Å²) >= 11 is 12.5. The van der Waals surface area contributed by atoms with Gasteiger partial charge in [0.25, 0.3) is 0 Å². The van der Waals surface area contributed by atoms with Crippen LogP contribution in [0.25, 0.3) is 11.1 Å². The summed E-state index contributed by atoms with van der Waals surface area (Å²) < 4.78 is 5.02. The third-order valence-corrected chi connectivity index (χ3v) is 10.3. The van der Waals surface area contributed by atoms with Crippen LogP contribution in [0.5, 0.6) is 0 Å². The van der Waals surface area contributed by atoms with Crippen molar-refractivity contribution in [2.45, 2.75) is 58.8 Å². The maximum absolute atomic E-state index is 3.77. The van der Waals surface area contributed by atoms with Gasteiger partial charge in [-0.25, -0.2) is 0 Å². The zero-order valence-corrected chi connectivity index (χ0v) is 23.8. The third kappa shape index (κ3) is 4.48. The van der Waals surface area contributed by atoms with Gasteiger partial charge in [0.1, 0.15) is 0 Å². The molecule has 0 fully saturated rings. The molecule has 0 unspecified atom stereocenters. The Bertz CT molecular complexity index is 784. The molecule has 0 amide bonds. The van der Waals surface area contributed by atoms with E-state index < -0.39 is 0 Å². The first-order valence-electron chi connectivity index (χ1n) is 9.65. The topological polar surface area (TPSA) is 0 Å². The quantitative estimate of drug-likeness (QED) is 0.262. The second kappa shape index (κ2) is 8.93. The highest BCUT2D eigenvalue weighted by molar-refractivity contribution is 14.1. The van der Waals surface area contributed by atoms with E-state index in [1.165, 1.54) is 52.9 Å². The predicted molar refractivity (Wildman–Crippen MR) is 142 cm³/mol. The predicted octanol–water partition coefficient (Wildman–Crippen LogP) is 9.56. The molecule has 0 saturated heterocycles. The van der Waals surface area contributed by atoms with Gasteiger partial charge in [-0.1, -0.05) is 27.7 Å². The Morgan fingerprint density at radius 1 is 0.741 bits per heavy atom. The molecule has 0 atom stereocenters. The molecule has 0 N–H and O–H groups in total. The Morgan fingerprint density at radius 2 is 1.11 bits per heavy atom. The maximum atomic E-state index is 3.77. The Labute approximate surface area is 208 Å². The van der Waals surface area contributed by atoms with Crippen molar-refractivity contribution in [3.8, 4) is 11.1 Å². The summed E-state index contributed by atoms with van der Waals surface area (Å²) in [5.74, 6) is 1.44. The highest BCUT2D eigenvalue weighted by atomic mass is 127. The van der Waals surface area contributed by atoms with Crippen LogP contribution in [0.15, 0.2) is 33.2 Å². The van der Waals surface area contributed by atoms with Crippen LogP contribution in [0.3, 0.4) is 0 Å². The Hall–Kier alpha value is 0.860. The van der Waals surface area contributed by atoms with Crippen LogP contribution in [0.2, 0.25) is 0 Å². The lowest BCUT2D eigenvalue weighted by Crippen LogP contribution is -2.27. The average molecular weight is 716 g/mol. The number of rotatable bonds is 6. The summed E-state index contributed by atoms with van der Waals surface area (Å²) in [6.07, 6.45) is 4.98. The molecular formula is C23H26Br2I2. The van der Waals surface area contributed by atoms with Crippen molar-refractivity contribution < 1.29 is 0 Å². The molecule has 0 bridgehead atoms. The van der Waals surface area contributed by atoms with Crippen LogP contribution in [0.1, 0.15) is 64.5 Å². The van der Waals surface area contributed by atoms with E-state index in [0.717, 1.165) is 11.8 Å². The lowest BCUT2D eigenvalue weighted by atomic mass is 9.69. The molecule has 0 spiro atoms. The largest absolute Gasteiger partial charge is 0.0628 e. The van der Waals surface area contributed by atoms with Crippen molar-refractivity contribution in [2.75, 3.05) is 0 Å². The van der Waals surface area contributed by atoms with E-state index in [1.54, 1.807) is 11.1 Å².